The number of aliphatic carboxylic acids is 1. The highest BCUT2D eigenvalue weighted by Gasteiger charge is 2.44. The highest BCUT2D eigenvalue weighted by Crippen LogP contribution is 2.38. The summed E-state index contributed by atoms with van der Waals surface area (Å²) in [5.74, 6) is -6.22. The van der Waals surface area contributed by atoms with Crippen LogP contribution in [0.25, 0.3) is 0 Å². The average molecular weight is 285 g/mol. The molecule has 0 aliphatic rings. The Bertz CT molecular complexity index is 361. The van der Waals surface area contributed by atoms with E-state index in [4.69, 9.17) is 16.7 Å². The predicted octanol–water partition coefficient (Wildman–Crippen LogP) is 3.28. The van der Waals surface area contributed by atoms with Crippen LogP contribution in [0.3, 0.4) is 0 Å². The molecule has 0 unspecified atom stereocenters. The molecule has 1 aromatic carbocycles. The lowest BCUT2D eigenvalue weighted by Crippen LogP contribution is -2.26. The molecule has 0 aliphatic heterocycles. The molecule has 0 aromatic heterocycles. The molecule has 0 atom stereocenters. The lowest BCUT2D eigenvalue weighted by Gasteiger charge is -2.14. The Morgan fingerprint density at radius 3 is 2.50 bits per heavy atom. The summed E-state index contributed by atoms with van der Waals surface area (Å²) in [7, 11) is 0. The Hall–Kier alpha value is -0.680. The molecule has 14 heavy (non-hydrogen) atoms. The van der Waals surface area contributed by atoms with Crippen molar-refractivity contribution in [2.24, 2.45) is 0 Å². The fourth-order valence-corrected chi connectivity index (χ4v) is 1.93. The van der Waals surface area contributed by atoms with Gasteiger partial charge in [0.2, 0.25) is 0 Å². The first-order valence-corrected chi connectivity index (χ1v) is 4.60. The van der Waals surface area contributed by atoms with Gasteiger partial charge in [0.25, 0.3) is 0 Å². The van der Waals surface area contributed by atoms with Gasteiger partial charge in [0, 0.05) is 4.47 Å². The summed E-state index contributed by atoms with van der Waals surface area (Å²) < 4.78 is 26.1. The van der Waals surface area contributed by atoms with Crippen molar-refractivity contribution in [2.45, 2.75) is 5.92 Å². The minimum Gasteiger partial charge on any atom is -0.477 e. The van der Waals surface area contributed by atoms with Crippen LogP contribution in [0.2, 0.25) is 5.02 Å². The summed E-state index contributed by atoms with van der Waals surface area (Å²) in [4.78, 5) is 10.3. The van der Waals surface area contributed by atoms with E-state index in [1.807, 2.05) is 0 Å². The fourth-order valence-electron chi connectivity index (χ4n) is 0.905. The summed E-state index contributed by atoms with van der Waals surface area (Å²) in [6, 6.07) is 3.95. The predicted molar refractivity (Wildman–Crippen MR) is 50.7 cm³/mol. The summed E-state index contributed by atoms with van der Waals surface area (Å²) in [5, 5.41) is 8.03. The van der Waals surface area contributed by atoms with Gasteiger partial charge in [-0.2, -0.15) is 8.78 Å². The molecule has 0 fully saturated rings. The van der Waals surface area contributed by atoms with Gasteiger partial charge in [-0.3, -0.25) is 0 Å². The molecule has 1 rings (SSSR count). The zero-order valence-electron chi connectivity index (χ0n) is 6.60. The van der Waals surface area contributed by atoms with Crippen LogP contribution in [0, 0.1) is 0 Å². The maximum Gasteiger partial charge on any atom is 0.379 e. The second-order valence-electron chi connectivity index (χ2n) is 2.48. The van der Waals surface area contributed by atoms with Crippen molar-refractivity contribution < 1.29 is 18.7 Å². The van der Waals surface area contributed by atoms with Crippen molar-refractivity contribution in [3.05, 3.63) is 33.3 Å². The van der Waals surface area contributed by atoms with Crippen LogP contribution in [-0.4, -0.2) is 11.1 Å². The zero-order valence-corrected chi connectivity index (χ0v) is 8.94. The van der Waals surface area contributed by atoms with E-state index in [1.54, 1.807) is 0 Å². The van der Waals surface area contributed by atoms with Crippen molar-refractivity contribution in [3.8, 4) is 0 Å². The molecule has 0 radical (unpaired) electrons. The van der Waals surface area contributed by atoms with Gasteiger partial charge in [0.15, 0.2) is 0 Å². The third-order valence-corrected chi connectivity index (χ3v) is 2.52. The normalized spacial score (nSPS) is 11.4. The molecular weight excluding hydrogens is 281 g/mol. The maximum absolute atomic E-state index is 13.1. The minimum atomic E-state index is -3.99. The molecular formula is C8H4BrClF2O2. The number of hydrogen-bond acceptors (Lipinski definition) is 1. The summed E-state index contributed by atoms with van der Waals surface area (Å²) in [6.07, 6.45) is 0. The topological polar surface area (TPSA) is 37.3 Å². The van der Waals surface area contributed by atoms with E-state index >= 15 is 0 Å². The molecule has 6 heteroatoms. The van der Waals surface area contributed by atoms with Gasteiger partial charge in [0.1, 0.15) is 0 Å². The summed E-state index contributed by atoms with van der Waals surface area (Å²) >= 11 is 8.31. The summed E-state index contributed by atoms with van der Waals surface area (Å²) in [5.41, 5.74) is -0.728. The number of rotatable bonds is 2. The number of hydrogen-bond donors (Lipinski definition) is 1. The molecule has 76 valence electrons. The third-order valence-electron chi connectivity index (χ3n) is 1.55. The largest absolute Gasteiger partial charge is 0.477 e. The van der Waals surface area contributed by atoms with Crippen LogP contribution in [0.5, 0.6) is 0 Å². The first-order chi connectivity index (χ1) is 6.37. The number of halogens is 4. The van der Waals surface area contributed by atoms with Gasteiger partial charge in [-0.1, -0.05) is 33.6 Å². The molecule has 0 amide bonds. The molecule has 0 saturated carbocycles. The van der Waals surface area contributed by atoms with Gasteiger partial charge in [-0.05, 0) is 12.1 Å². The van der Waals surface area contributed by atoms with Crippen molar-refractivity contribution in [3.63, 3.8) is 0 Å². The first-order valence-electron chi connectivity index (χ1n) is 3.43. The fraction of sp³-hybridized carbons (Fsp3) is 0.125. The zero-order chi connectivity index (χ0) is 10.9. The Labute approximate surface area is 91.6 Å². The maximum atomic E-state index is 13.1. The van der Waals surface area contributed by atoms with Crippen LogP contribution in [0.1, 0.15) is 5.56 Å². The minimum absolute atomic E-state index is 0.0302. The number of carboxylic acids is 1. The van der Waals surface area contributed by atoms with E-state index in [0.717, 1.165) is 0 Å². The smallest absolute Gasteiger partial charge is 0.379 e. The van der Waals surface area contributed by atoms with Gasteiger partial charge in [0.05, 0.1) is 10.6 Å². The van der Waals surface area contributed by atoms with E-state index in [-0.39, 0.29) is 9.50 Å². The Morgan fingerprint density at radius 1 is 1.50 bits per heavy atom. The lowest BCUT2D eigenvalue weighted by molar-refractivity contribution is -0.166. The monoisotopic (exact) mass is 284 g/mol. The SMILES string of the molecule is O=C(O)C(F)(F)c1c(Cl)cccc1Br. The molecule has 0 heterocycles. The highest BCUT2D eigenvalue weighted by molar-refractivity contribution is 9.10. The van der Waals surface area contributed by atoms with Crippen molar-refractivity contribution >= 4 is 33.5 Å². The van der Waals surface area contributed by atoms with E-state index < -0.39 is 17.5 Å². The Kier molecular flexibility index (Phi) is 3.11. The average Bonchev–Trinajstić information content (AvgIpc) is 2.02. The quantitative estimate of drug-likeness (QED) is 0.905. The number of carbonyl (C=O) groups is 1. The molecule has 2 nitrogen and oxygen atoms in total. The second-order valence-corrected chi connectivity index (χ2v) is 3.74. The third kappa shape index (κ3) is 1.88. The molecule has 1 aromatic rings. The van der Waals surface area contributed by atoms with E-state index in [9.17, 15) is 13.6 Å². The van der Waals surface area contributed by atoms with Crippen LogP contribution in [0.4, 0.5) is 8.78 Å². The number of alkyl halides is 2. The lowest BCUT2D eigenvalue weighted by atomic mass is 10.1. The van der Waals surface area contributed by atoms with Crippen molar-refractivity contribution in [1.29, 1.82) is 0 Å². The highest BCUT2D eigenvalue weighted by atomic mass is 79.9. The van der Waals surface area contributed by atoms with Crippen molar-refractivity contribution in [2.75, 3.05) is 0 Å². The number of carboxylic acid groups (broad SMARTS) is 1. The van der Waals surface area contributed by atoms with Crippen LogP contribution in [-0.2, 0) is 10.7 Å². The van der Waals surface area contributed by atoms with E-state index in [1.165, 1.54) is 18.2 Å². The van der Waals surface area contributed by atoms with Crippen LogP contribution >= 0.6 is 27.5 Å². The van der Waals surface area contributed by atoms with Gasteiger partial charge >= 0.3 is 11.9 Å². The second kappa shape index (κ2) is 3.82. The first kappa shape index (κ1) is 11.4. The van der Waals surface area contributed by atoms with Gasteiger partial charge in [-0.15, -0.1) is 0 Å². The van der Waals surface area contributed by atoms with E-state index in [0.29, 0.717) is 0 Å². The Morgan fingerprint density at radius 2 is 2.07 bits per heavy atom. The standard InChI is InChI=1S/C8H4BrClF2O2/c9-4-2-1-3-5(10)6(4)8(11,12)7(13)14/h1-3H,(H,13,14). The summed E-state index contributed by atoms with van der Waals surface area (Å²) in [6.45, 7) is 0. The van der Waals surface area contributed by atoms with E-state index in [2.05, 4.69) is 15.9 Å². The molecule has 1 N–H and O–H groups in total. The van der Waals surface area contributed by atoms with Crippen molar-refractivity contribution in [1.82, 2.24) is 0 Å². The number of benzene rings is 1. The van der Waals surface area contributed by atoms with Crippen LogP contribution in [0.15, 0.2) is 22.7 Å². The Balaban J connectivity index is 3.38. The molecule has 0 bridgehead atoms. The van der Waals surface area contributed by atoms with Gasteiger partial charge < -0.3 is 5.11 Å². The molecule has 0 spiro atoms. The molecule has 0 saturated heterocycles. The van der Waals surface area contributed by atoms with Gasteiger partial charge in [-0.25, -0.2) is 4.79 Å². The molecule has 0 aliphatic carbocycles. The van der Waals surface area contributed by atoms with Crippen LogP contribution < -0.4 is 0 Å².